The van der Waals surface area contributed by atoms with Crippen molar-refractivity contribution in [3.63, 3.8) is 0 Å². The van der Waals surface area contributed by atoms with Crippen molar-refractivity contribution in [1.82, 2.24) is 9.47 Å². The van der Waals surface area contributed by atoms with E-state index in [0.717, 1.165) is 22.9 Å². The lowest BCUT2D eigenvalue weighted by Gasteiger charge is -2.26. The number of aryl methyl sites for hydroxylation is 1. The number of aromatic nitrogens is 1. The van der Waals surface area contributed by atoms with E-state index < -0.39 is 13.9 Å². The summed E-state index contributed by atoms with van der Waals surface area (Å²) in [6, 6.07) is 10.3. The zero-order valence-electron chi connectivity index (χ0n) is 17.6. The highest BCUT2D eigenvalue weighted by atomic mass is 35.5. The maximum absolute atomic E-state index is 13.1. The number of carbonyl (C=O) groups excluding carboxylic acids is 1. The highest BCUT2D eigenvalue weighted by molar-refractivity contribution is 8.01. The number of halogens is 2. The van der Waals surface area contributed by atoms with Crippen LogP contribution in [0.15, 0.2) is 47.5 Å². The number of hydrogen-bond donors (Lipinski definition) is 2. The smallest absolute Gasteiger partial charge is 0.345 e. The first-order chi connectivity index (χ1) is 15.6. The van der Waals surface area contributed by atoms with Gasteiger partial charge in [0, 0.05) is 46.7 Å². The van der Waals surface area contributed by atoms with Crippen LogP contribution in [0.1, 0.15) is 10.4 Å². The Hall–Kier alpha value is -1.71. The third-order valence-corrected chi connectivity index (χ3v) is 7.44. The second-order valence-electron chi connectivity index (χ2n) is 7.64. The van der Waals surface area contributed by atoms with Crippen molar-refractivity contribution >= 4 is 65.2 Å². The minimum absolute atomic E-state index is 0.0633. The zero-order chi connectivity index (χ0) is 23.8. The minimum atomic E-state index is -4.39. The lowest BCUT2D eigenvalue weighted by atomic mass is 10.1. The number of fused-ring (bicyclic) bond motifs is 1. The zero-order valence-corrected chi connectivity index (χ0v) is 20.9. The summed E-state index contributed by atoms with van der Waals surface area (Å²) >= 11 is 13.3. The Balaban J connectivity index is 1.70. The number of carbonyl (C=O) groups is 1. The number of rotatable bonds is 6. The summed E-state index contributed by atoms with van der Waals surface area (Å²) in [4.78, 5) is 34.8. The van der Waals surface area contributed by atoms with Gasteiger partial charge in [0.05, 0.1) is 30.0 Å². The predicted octanol–water partition coefficient (Wildman–Crippen LogP) is 4.61. The molecule has 1 fully saturated rings. The molecule has 8 nitrogen and oxygen atoms in total. The lowest BCUT2D eigenvalue weighted by Crippen LogP contribution is -2.40. The summed E-state index contributed by atoms with van der Waals surface area (Å²) in [5.41, 5.74) is 1.92. The van der Waals surface area contributed by atoms with Gasteiger partial charge in [-0.2, -0.15) is 0 Å². The summed E-state index contributed by atoms with van der Waals surface area (Å²) in [5.74, 6) is -0.0633. The molecule has 0 bridgehead atoms. The van der Waals surface area contributed by atoms with Gasteiger partial charge in [-0.1, -0.05) is 23.2 Å². The molecule has 2 aromatic carbocycles. The van der Waals surface area contributed by atoms with Crippen LogP contribution >= 0.6 is 42.7 Å². The number of nitrogens with zero attached hydrogens (tertiary/aromatic N) is 3. The fourth-order valence-electron chi connectivity index (χ4n) is 3.67. The lowest BCUT2D eigenvalue weighted by molar-refractivity contribution is 0.0304. The van der Waals surface area contributed by atoms with Crippen LogP contribution in [-0.2, 0) is 16.3 Å². The number of amides is 1. The molecule has 0 spiro atoms. The average molecular weight is 530 g/mol. The van der Waals surface area contributed by atoms with Crippen molar-refractivity contribution in [2.24, 2.45) is 7.05 Å². The third-order valence-electron chi connectivity index (χ3n) is 5.16. The van der Waals surface area contributed by atoms with Crippen LogP contribution in [0.5, 0.6) is 0 Å². The summed E-state index contributed by atoms with van der Waals surface area (Å²) in [7, 11) is -2.56. The second kappa shape index (κ2) is 9.88. The molecule has 12 heteroatoms. The van der Waals surface area contributed by atoms with Gasteiger partial charge in [-0.15, -0.1) is 0 Å². The van der Waals surface area contributed by atoms with Crippen LogP contribution in [0.3, 0.4) is 0 Å². The van der Waals surface area contributed by atoms with E-state index in [4.69, 9.17) is 27.9 Å². The molecule has 33 heavy (non-hydrogen) atoms. The summed E-state index contributed by atoms with van der Waals surface area (Å²) < 4.78 is 20.5. The quantitative estimate of drug-likeness (QED) is 0.355. The summed E-state index contributed by atoms with van der Waals surface area (Å²) in [6.07, 6.45) is 1.26. The van der Waals surface area contributed by atoms with Crippen LogP contribution in [-0.4, -0.2) is 57.8 Å². The molecule has 0 atom stereocenters. The van der Waals surface area contributed by atoms with E-state index in [1.807, 2.05) is 11.6 Å². The Morgan fingerprint density at radius 3 is 2.45 bits per heavy atom. The van der Waals surface area contributed by atoms with E-state index in [1.54, 1.807) is 47.5 Å². The molecule has 0 radical (unpaired) electrons. The first-order valence-corrected chi connectivity index (χ1v) is 13.4. The minimum Gasteiger partial charge on any atom is -0.378 e. The maximum atomic E-state index is 13.1. The maximum Gasteiger partial charge on any atom is 0.345 e. The largest absolute Gasteiger partial charge is 0.378 e. The van der Waals surface area contributed by atoms with Gasteiger partial charge in [0.2, 0.25) is 0 Å². The SMILES string of the molecule is Cn1cc(C(=O)N2CCOCC2)c2ccc(N(CP(=O)(O)O)Sc3cc(Cl)cc(Cl)c3)cc21. The van der Waals surface area contributed by atoms with Gasteiger partial charge in [0.15, 0.2) is 0 Å². The van der Waals surface area contributed by atoms with E-state index in [-0.39, 0.29) is 5.91 Å². The van der Waals surface area contributed by atoms with Crippen LogP contribution in [0.4, 0.5) is 5.69 Å². The molecule has 1 saturated heterocycles. The van der Waals surface area contributed by atoms with E-state index >= 15 is 0 Å². The van der Waals surface area contributed by atoms with Gasteiger partial charge < -0.3 is 24.0 Å². The molecule has 1 aromatic heterocycles. The molecule has 1 amide bonds. The van der Waals surface area contributed by atoms with E-state index in [9.17, 15) is 19.1 Å². The monoisotopic (exact) mass is 529 g/mol. The van der Waals surface area contributed by atoms with Crippen molar-refractivity contribution in [3.05, 3.63) is 58.2 Å². The Kier molecular flexibility index (Phi) is 7.31. The van der Waals surface area contributed by atoms with Crippen LogP contribution in [0, 0.1) is 0 Å². The molecule has 2 N–H and O–H groups in total. The molecule has 3 aromatic rings. The molecule has 2 heterocycles. The van der Waals surface area contributed by atoms with Gasteiger partial charge in [-0.05, 0) is 48.3 Å². The molecular formula is C21H22Cl2N3O5PS. The second-order valence-corrected chi connectivity index (χ2v) is 11.2. The normalized spacial score (nSPS) is 14.6. The molecule has 4 rings (SSSR count). The van der Waals surface area contributed by atoms with Gasteiger partial charge in [-0.25, -0.2) is 0 Å². The molecule has 0 aliphatic carbocycles. The Morgan fingerprint density at radius 2 is 1.82 bits per heavy atom. The highest BCUT2D eigenvalue weighted by Crippen LogP contribution is 2.43. The van der Waals surface area contributed by atoms with Gasteiger partial charge in [-0.3, -0.25) is 13.7 Å². The van der Waals surface area contributed by atoms with Crippen molar-refractivity contribution in [1.29, 1.82) is 0 Å². The fourth-order valence-corrected chi connectivity index (χ4v) is 6.34. The number of benzene rings is 2. The molecule has 1 aliphatic rings. The van der Waals surface area contributed by atoms with Crippen molar-refractivity contribution < 1.29 is 23.9 Å². The molecule has 1 aliphatic heterocycles. The number of ether oxygens (including phenoxy) is 1. The van der Waals surface area contributed by atoms with Gasteiger partial charge in [0.25, 0.3) is 5.91 Å². The molecule has 0 unspecified atom stereocenters. The summed E-state index contributed by atoms with van der Waals surface area (Å²) in [5, 5.41) is 1.61. The topological polar surface area (TPSA) is 95.2 Å². The van der Waals surface area contributed by atoms with E-state index in [1.165, 1.54) is 4.31 Å². The summed E-state index contributed by atoms with van der Waals surface area (Å²) in [6.45, 7) is 2.12. The van der Waals surface area contributed by atoms with Gasteiger partial charge in [0.1, 0.15) is 6.29 Å². The molecule has 176 valence electrons. The van der Waals surface area contributed by atoms with Crippen molar-refractivity contribution in [2.75, 3.05) is 36.9 Å². The van der Waals surface area contributed by atoms with Crippen LogP contribution in [0.2, 0.25) is 10.0 Å². The average Bonchev–Trinajstić information content (AvgIpc) is 3.08. The Bertz CT molecular complexity index is 1220. The van der Waals surface area contributed by atoms with Crippen molar-refractivity contribution in [2.45, 2.75) is 4.90 Å². The Labute approximate surface area is 205 Å². The van der Waals surface area contributed by atoms with Crippen LogP contribution in [0.25, 0.3) is 10.9 Å². The Morgan fingerprint density at radius 1 is 1.15 bits per heavy atom. The third kappa shape index (κ3) is 5.87. The first kappa shape index (κ1) is 24.4. The highest BCUT2D eigenvalue weighted by Gasteiger charge is 2.25. The number of anilines is 1. The van der Waals surface area contributed by atoms with Crippen molar-refractivity contribution in [3.8, 4) is 0 Å². The predicted molar refractivity (Wildman–Crippen MR) is 131 cm³/mol. The molecular weight excluding hydrogens is 508 g/mol. The van der Waals surface area contributed by atoms with E-state index in [2.05, 4.69) is 0 Å². The van der Waals surface area contributed by atoms with Gasteiger partial charge >= 0.3 is 7.60 Å². The van der Waals surface area contributed by atoms with Crippen LogP contribution < -0.4 is 4.31 Å². The number of morpholine rings is 1. The van der Waals surface area contributed by atoms with E-state index in [0.29, 0.717) is 52.5 Å². The first-order valence-electron chi connectivity index (χ1n) is 10.0. The number of hydrogen-bond acceptors (Lipinski definition) is 5. The molecule has 0 saturated carbocycles. The standard InChI is InChI=1S/C21H22Cl2N3O5PS/c1-24-12-19(21(27)25-4-6-31-7-5-25)18-3-2-16(11-20(18)24)26(13-32(28,29)30)33-17-9-14(22)8-15(23)10-17/h2-3,8-12H,4-7,13H2,1H3,(H2,28,29,30). The fraction of sp³-hybridized carbons (Fsp3) is 0.286.